The predicted octanol–water partition coefficient (Wildman–Crippen LogP) is 4.02. The Morgan fingerprint density at radius 3 is 2.05 bits per heavy atom. The van der Waals surface area contributed by atoms with Crippen molar-refractivity contribution in [3.63, 3.8) is 0 Å². The molecule has 112 valence electrons. The van der Waals surface area contributed by atoms with E-state index in [0.29, 0.717) is 15.5 Å². The van der Waals surface area contributed by atoms with Gasteiger partial charge in [-0.25, -0.2) is 8.42 Å². The third kappa shape index (κ3) is 2.46. The van der Waals surface area contributed by atoms with Gasteiger partial charge in [-0.15, -0.1) is 0 Å². The van der Waals surface area contributed by atoms with Gasteiger partial charge in [-0.05, 0) is 42.0 Å². The van der Waals surface area contributed by atoms with Crippen molar-refractivity contribution in [2.24, 2.45) is 0 Å². The molecule has 0 aliphatic carbocycles. The Morgan fingerprint density at radius 2 is 1.45 bits per heavy atom. The second-order valence-electron chi connectivity index (χ2n) is 5.26. The van der Waals surface area contributed by atoms with Crippen LogP contribution in [0.4, 0.5) is 5.69 Å². The van der Waals surface area contributed by atoms with Gasteiger partial charge >= 0.3 is 0 Å². The third-order valence-corrected chi connectivity index (χ3v) is 5.55. The fraction of sp³-hybridized carbons (Fsp3) is 0.111. The maximum absolute atomic E-state index is 12.9. The number of benzene rings is 3. The third-order valence-electron chi connectivity index (χ3n) is 3.74. The lowest BCUT2D eigenvalue weighted by atomic mass is 10.1. The Morgan fingerprint density at radius 1 is 0.864 bits per heavy atom. The van der Waals surface area contributed by atoms with E-state index in [1.807, 2.05) is 49.4 Å². The fourth-order valence-corrected chi connectivity index (χ4v) is 3.96. The smallest absolute Gasteiger partial charge is 0.208 e. The molecule has 3 aromatic rings. The highest BCUT2D eigenvalue weighted by molar-refractivity contribution is 7.91. The molecule has 3 aromatic carbocycles. The van der Waals surface area contributed by atoms with E-state index in [1.54, 1.807) is 25.2 Å². The molecule has 0 atom stereocenters. The summed E-state index contributed by atoms with van der Waals surface area (Å²) in [6, 6.07) is 18.3. The number of nitrogens with one attached hydrogen (secondary N) is 1. The normalized spacial score (nSPS) is 11.5. The Labute approximate surface area is 130 Å². The number of hydrogen-bond acceptors (Lipinski definition) is 3. The first-order valence-corrected chi connectivity index (χ1v) is 8.53. The van der Waals surface area contributed by atoms with Crippen LogP contribution >= 0.6 is 0 Å². The van der Waals surface area contributed by atoms with Crippen molar-refractivity contribution >= 4 is 26.3 Å². The summed E-state index contributed by atoms with van der Waals surface area (Å²) in [5.41, 5.74) is 1.64. The monoisotopic (exact) mass is 311 g/mol. The molecule has 0 saturated heterocycles. The molecule has 0 aliphatic heterocycles. The molecule has 0 saturated carbocycles. The van der Waals surface area contributed by atoms with Gasteiger partial charge in [-0.1, -0.05) is 42.0 Å². The molecule has 0 radical (unpaired) electrons. The van der Waals surface area contributed by atoms with Gasteiger partial charge in [0.15, 0.2) is 0 Å². The Kier molecular flexibility index (Phi) is 3.62. The van der Waals surface area contributed by atoms with Crippen LogP contribution < -0.4 is 5.32 Å². The second kappa shape index (κ2) is 5.46. The van der Waals surface area contributed by atoms with Gasteiger partial charge in [0.05, 0.1) is 15.5 Å². The number of fused-ring (bicyclic) bond motifs is 1. The van der Waals surface area contributed by atoms with Crippen molar-refractivity contribution < 1.29 is 8.42 Å². The number of anilines is 1. The van der Waals surface area contributed by atoms with Crippen LogP contribution in [-0.4, -0.2) is 15.5 Å². The number of aryl methyl sites for hydroxylation is 1. The molecular weight excluding hydrogens is 294 g/mol. The average Bonchev–Trinajstić information content (AvgIpc) is 2.54. The number of hydrogen-bond donors (Lipinski definition) is 1. The van der Waals surface area contributed by atoms with Crippen LogP contribution in [0.15, 0.2) is 70.5 Å². The summed E-state index contributed by atoms with van der Waals surface area (Å²) in [6.07, 6.45) is 0. The molecule has 1 N–H and O–H groups in total. The SMILES string of the molecule is CNc1cc2ccccc2cc1S(=O)(=O)c1ccc(C)cc1. The first-order chi connectivity index (χ1) is 10.5. The second-order valence-corrected chi connectivity index (χ2v) is 7.18. The van der Waals surface area contributed by atoms with E-state index < -0.39 is 9.84 Å². The molecule has 0 spiro atoms. The largest absolute Gasteiger partial charge is 0.387 e. The molecule has 0 fully saturated rings. The summed E-state index contributed by atoms with van der Waals surface area (Å²) in [5.74, 6) is 0. The molecule has 0 heterocycles. The minimum Gasteiger partial charge on any atom is -0.387 e. The Bertz CT molecular complexity index is 929. The van der Waals surface area contributed by atoms with Crippen LogP contribution in [-0.2, 0) is 9.84 Å². The van der Waals surface area contributed by atoms with E-state index >= 15 is 0 Å². The first kappa shape index (κ1) is 14.6. The fourth-order valence-electron chi connectivity index (χ4n) is 2.48. The molecule has 0 unspecified atom stereocenters. The van der Waals surface area contributed by atoms with E-state index in [9.17, 15) is 8.42 Å². The highest BCUT2D eigenvalue weighted by Gasteiger charge is 2.21. The number of sulfone groups is 1. The summed E-state index contributed by atoms with van der Waals surface area (Å²) in [7, 11) is -1.82. The topological polar surface area (TPSA) is 46.2 Å². The van der Waals surface area contributed by atoms with Gasteiger partial charge in [-0.3, -0.25) is 0 Å². The summed E-state index contributed by atoms with van der Waals surface area (Å²) in [4.78, 5) is 0.613. The van der Waals surface area contributed by atoms with E-state index in [-0.39, 0.29) is 0 Å². The van der Waals surface area contributed by atoms with Crippen molar-refractivity contribution in [1.82, 2.24) is 0 Å². The summed E-state index contributed by atoms with van der Waals surface area (Å²) < 4.78 is 25.9. The lowest BCUT2D eigenvalue weighted by molar-refractivity contribution is 0.596. The van der Waals surface area contributed by atoms with Crippen molar-refractivity contribution in [3.05, 3.63) is 66.2 Å². The van der Waals surface area contributed by atoms with Crippen LogP contribution in [0.2, 0.25) is 0 Å². The highest BCUT2D eigenvalue weighted by Crippen LogP contribution is 2.31. The van der Waals surface area contributed by atoms with Crippen LogP contribution in [0.3, 0.4) is 0 Å². The standard InChI is InChI=1S/C18H17NO2S/c1-13-7-9-16(10-8-13)22(20,21)18-12-15-6-4-3-5-14(15)11-17(18)19-2/h3-12,19H,1-2H3. The van der Waals surface area contributed by atoms with Gasteiger partial charge in [0.2, 0.25) is 9.84 Å². The van der Waals surface area contributed by atoms with E-state index in [2.05, 4.69) is 5.32 Å². The van der Waals surface area contributed by atoms with Crippen LogP contribution in [0, 0.1) is 6.92 Å². The van der Waals surface area contributed by atoms with E-state index in [0.717, 1.165) is 16.3 Å². The van der Waals surface area contributed by atoms with E-state index in [4.69, 9.17) is 0 Å². The Balaban J connectivity index is 2.25. The van der Waals surface area contributed by atoms with Crippen LogP contribution in [0.25, 0.3) is 10.8 Å². The summed E-state index contributed by atoms with van der Waals surface area (Å²) >= 11 is 0. The maximum Gasteiger partial charge on any atom is 0.208 e. The van der Waals surface area contributed by atoms with Crippen molar-refractivity contribution in [2.75, 3.05) is 12.4 Å². The quantitative estimate of drug-likeness (QED) is 0.794. The zero-order chi connectivity index (χ0) is 15.7. The zero-order valence-electron chi connectivity index (χ0n) is 12.5. The summed E-state index contributed by atoms with van der Waals surface area (Å²) in [6.45, 7) is 1.94. The van der Waals surface area contributed by atoms with Gasteiger partial charge in [0, 0.05) is 7.05 Å². The van der Waals surface area contributed by atoms with Crippen molar-refractivity contribution in [1.29, 1.82) is 0 Å². The molecule has 0 bridgehead atoms. The summed E-state index contributed by atoms with van der Waals surface area (Å²) in [5, 5.41) is 4.91. The maximum atomic E-state index is 12.9. The molecule has 3 rings (SSSR count). The highest BCUT2D eigenvalue weighted by atomic mass is 32.2. The molecule has 3 nitrogen and oxygen atoms in total. The zero-order valence-corrected chi connectivity index (χ0v) is 13.3. The minimum atomic E-state index is -3.55. The van der Waals surface area contributed by atoms with E-state index in [1.165, 1.54) is 0 Å². The van der Waals surface area contributed by atoms with Gasteiger partial charge in [0.25, 0.3) is 0 Å². The molecule has 0 aromatic heterocycles. The molecule has 4 heteroatoms. The van der Waals surface area contributed by atoms with Gasteiger partial charge < -0.3 is 5.32 Å². The van der Waals surface area contributed by atoms with Gasteiger partial charge in [-0.2, -0.15) is 0 Å². The average molecular weight is 311 g/mol. The van der Waals surface area contributed by atoms with Crippen molar-refractivity contribution in [2.45, 2.75) is 16.7 Å². The molecule has 0 amide bonds. The first-order valence-electron chi connectivity index (χ1n) is 7.04. The number of rotatable bonds is 3. The van der Waals surface area contributed by atoms with Crippen molar-refractivity contribution in [3.8, 4) is 0 Å². The predicted molar refractivity (Wildman–Crippen MR) is 90.1 cm³/mol. The van der Waals surface area contributed by atoms with Gasteiger partial charge in [0.1, 0.15) is 0 Å². The van der Waals surface area contributed by atoms with Crippen LogP contribution in [0.5, 0.6) is 0 Å². The Hall–Kier alpha value is -2.33. The molecule has 22 heavy (non-hydrogen) atoms. The molecular formula is C18H17NO2S. The van der Waals surface area contributed by atoms with Crippen LogP contribution in [0.1, 0.15) is 5.56 Å². The lowest BCUT2D eigenvalue weighted by Gasteiger charge is -2.12. The lowest BCUT2D eigenvalue weighted by Crippen LogP contribution is -2.06. The minimum absolute atomic E-state index is 0.303. The molecule has 0 aliphatic rings.